The molecule has 0 saturated heterocycles. The molecule has 1 atom stereocenters. The van der Waals surface area contributed by atoms with Crippen LogP contribution < -0.4 is 0 Å². The Balaban J connectivity index is 1.75. The molecular formula is C34H32. The maximum atomic E-state index is 2.50. The van der Waals surface area contributed by atoms with Gasteiger partial charge in [0, 0.05) is 5.92 Å². The van der Waals surface area contributed by atoms with Crippen molar-refractivity contribution >= 4 is 0 Å². The molecule has 1 aliphatic rings. The molecule has 5 rings (SSSR count). The van der Waals surface area contributed by atoms with Crippen LogP contribution in [0, 0.1) is 26.7 Å². The topological polar surface area (TPSA) is 0 Å². The lowest BCUT2D eigenvalue weighted by atomic mass is 9.61. The van der Waals surface area contributed by atoms with Gasteiger partial charge in [-0.3, -0.25) is 0 Å². The highest BCUT2D eigenvalue weighted by atomic mass is 14.4. The van der Waals surface area contributed by atoms with Gasteiger partial charge < -0.3 is 0 Å². The van der Waals surface area contributed by atoms with E-state index in [1.54, 1.807) is 0 Å². The van der Waals surface area contributed by atoms with E-state index >= 15 is 0 Å². The largest absolute Gasteiger partial charge is 0.0758 e. The molecule has 0 heteroatoms. The second kappa shape index (κ2) is 9.31. The highest BCUT2D eigenvalue weighted by Crippen LogP contribution is 2.49. The van der Waals surface area contributed by atoms with Crippen molar-refractivity contribution < 1.29 is 0 Å². The lowest BCUT2D eigenvalue weighted by Gasteiger charge is -2.40. The van der Waals surface area contributed by atoms with Gasteiger partial charge in [-0.05, 0) is 55.0 Å². The van der Waals surface area contributed by atoms with Crippen molar-refractivity contribution in [3.63, 3.8) is 0 Å². The first-order valence-corrected chi connectivity index (χ1v) is 12.2. The number of benzene rings is 4. The van der Waals surface area contributed by atoms with Gasteiger partial charge in [0.2, 0.25) is 0 Å². The molecule has 0 aliphatic heterocycles. The van der Waals surface area contributed by atoms with Crippen LogP contribution in [-0.4, -0.2) is 0 Å². The van der Waals surface area contributed by atoms with Gasteiger partial charge in [-0.2, -0.15) is 0 Å². The minimum Gasteiger partial charge on any atom is -0.0758 e. The average molecular weight is 441 g/mol. The van der Waals surface area contributed by atoms with E-state index in [0.717, 1.165) is 6.42 Å². The number of hydrogen-bond acceptors (Lipinski definition) is 0. The Labute approximate surface area is 204 Å². The molecule has 168 valence electrons. The summed E-state index contributed by atoms with van der Waals surface area (Å²) in [6, 6.07) is 38.1. The summed E-state index contributed by atoms with van der Waals surface area (Å²) in [5.74, 6) is 0.219. The average Bonchev–Trinajstić information content (AvgIpc) is 3.29. The zero-order valence-corrected chi connectivity index (χ0v) is 20.3. The molecule has 0 amide bonds. The second-order valence-corrected chi connectivity index (χ2v) is 9.71. The molecule has 0 radical (unpaired) electrons. The third-order valence-corrected chi connectivity index (χ3v) is 7.08. The van der Waals surface area contributed by atoms with Crippen LogP contribution in [0.15, 0.2) is 127 Å². The van der Waals surface area contributed by atoms with Crippen LogP contribution in [0.5, 0.6) is 0 Å². The molecule has 0 aromatic heterocycles. The van der Waals surface area contributed by atoms with Crippen LogP contribution in [0.1, 0.15) is 38.9 Å². The summed E-state index contributed by atoms with van der Waals surface area (Å²) in [5.41, 5.74) is 10.3. The van der Waals surface area contributed by atoms with E-state index in [1.807, 2.05) is 0 Å². The molecule has 0 nitrogen and oxygen atoms in total. The molecule has 4 aromatic carbocycles. The van der Waals surface area contributed by atoms with Gasteiger partial charge in [-0.15, -0.1) is 0 Å². The van der Waals surface area contributed by atoms with Crippen molar-refractivity contribution in [2.24, 2.45) is 5.92 Å². The number of allylic oxidation sites excluding steroid dienone is 4. The van der Waals surface area contributed by atoms with Gasteiger partial charge in [0.15, 0.2) is 0 Å². The van der Waals surface area contributed by atoms with E-state index in [2.05, 4.69) is 142 Å². The van der Waals surface area contributed by atoms with Crippen molar-refractivity contribution in [1.29, 1.82) is 0 Å². The van der Waals surface area contributed by atoms with Crippen LogP contribution in [-0.2, 0) is 11.8 Å². The maximum Gasteiger partial charge on any atom is 0.0548 e. The maximum absolute atomic E-state index is 2.50. The number of hydrogen-bond donors (Lipinski definition) is 0. The monoisotopic (exact) mass is 440 g/mol. The van der Waals surface area contributed by atoms with E-state index in [-0.39, 0.29) is 11.3 Å². The normalized spacial score (nSPS) is 15.4. The zero-order valence-electron chi connectivity index (χ0n) is 20.3. The number of rotatable bonds is 6. The standard InChI is InChI=1S/C34H32/c1-25-10-7-15-30(20-25)34(31-16-8-11-26(2)21-31,32-17-9-12-27(3)22-32)33-19-18-29(24-33)23-28-13-5-4-6-14-28/h4-22,24,33H,23H2,1-3H3. The van der Waals surface area contributed by atoms with Gasteiger partial charge in [-0.25, -0.2) is 0 Å². The van der Waals surface area contributed by atoms with Gasteiger partial charge in [0.25, 0.3) is 0 Å². The zero-order chi connectivity index (χ0) is 23.5. The summed E-state index contributed by atoms with van der Waals surface area (Å²) in [4.78, 5) is 0. The van der Waals surface area contributed by atoms with Crippen LogP contribution in [0.3, 0.4) is 0 Å². The van der Waals surface area contributed by atoms with Crippen LogP contribution in [0.2, 0.25) is 0 Å². The Morgan fingerprint density at radius 2 is 1.09 bits per heavy atom. The van der Waals surface area contributed by atoms with Gasteiger partial charge in [0.1, 0.15) is 0 Å². The Morgan fingerprint density at radius 1 is 0.588 bits per heavy atom. The Hall–Kier alpha value is -3.64. The van der Waals surface area contributed by atoms with E-state index in [4.69, 9.17) is 0 Å². The van der Waals surface area contributed by atoms with Gasteiger partial charge in [-0.1, -0.05) is 138 Å². The smallest absolute Gasteiger partial charge is 0.0548 e. The minimum absolute atomic E-state index is 0.219. The number of aryl methyl sites for hydroxylation is 3. The molecule has 1 aliphatic carbocycles. The summed E-state index contributed by atoms with van der Waals surface area (Å²) >= 11 is 0. The fourth-order valence-electron chi connectivity index (χ4n) is 5.54. The van der Waals surface area contributed by atoms with Crippen molar-refractivity contribution in [3.05, 3.63) is 166 Å². The summed E-state index contributed by atoms with van der Waals surface area (Å²) in [6.45, 7) is 6.59. The lowest BCUT2D eigenvalue weighted by Crippen LogP contribution is -2.36. The molecule has 0 saturated carbocycles. The van der Waals surface area contributed by atoms with Crippen LogP contribution in [0.25, 0.3) is 0 Å². The summed E-state index contributed by atoms with van der Waals surface area (Å²) in [6.07, 6.45) is 8.22. The first kappa shape index (κ1) is 22.2. The summed E-state index contributed by atoms with van der Waals surface area (Å²) < 4.78 is 0. The molecule has 0 fully saturated rings. The Morgan fingerprint density at radius 3 is 1.56 bits per heavy atom. The van der Waals surface area contributed by atoms with Gasteiger partial charge in [0.05, 0.1) is 5.41 Å². The predicted octanol–water partition coefficient (Wildman–Crippen LogP) is 8.30. The van der Waals surface area contributed by atoms with Crippen molar-refractivity contribution in [3.8, 4) is 0 Å². The van der Waals surface area contributed by atoms with Crippen molar-refractivity contribution in [1.82, 2.24) is 0 Å². The quantitative estimate of drug-likeness (QED) is 0.265. The van der Waals surface area contributed by atoms with E-state index in [9.17, 15) is 0 Å². The minimum atomic E-state index is -0.307. The van der Waals surface area contributed by atoms with Crippen LogP contribution in [0.4, 0.5) is 0 Å². The van der Waals surface area contributed by atoms with E-state index < -0.39 is 0 Å². The fraction of sp³-hybridized carbons (Fsp3) is 0.176. The summed E-state index contributed by atoms with van der Waals surface area (Å²) in [5, 5.41) is 0. The molecule has 0 bridgehead atoms. The highest BCUT2D eigenvalue weighted by Gasteiger charge is 2.43. The summed E-state index contributed by atoms with van der Waals surface area (Å²) in [7, 11) is 0. The third kappa shape index (κ3) is 4.17. The molecule has 4 aromatic rings. The van der Waals surface area contributed by atoms with Crippen molar-refractivity contribution in [2.45, 2.75) is 32.6 Å². The Kier molecular flexibility index (Phi) is 6.07. The van der Waals surface area contributed by atoms with E-state index in [1.165, 1.54) is 44.5 Å². The van der Waals surface area contributed by atoms with Crippen molar-refractivity contribution in [2.75, 3.05) is 0 Å². The molecule has 0 N–H and O–H groups in total. The SMILES string of the molecule is Cc1cccc(C(c2cccc(C)c2)(c2cccc(C)c2)C2C=CC(Cc3ccccc3)=C2)c1. The Bertz CT molecular complexity index is 1240. The molecule has 34 heavy (non-hydrogen) atoms. The highest BCUT2D eigenvalue weighted by molar-refractivity contribution is 5.57. The lowest BCUT2D eigenvalue weighted by molar-refractivity contribution is 0.526. The van der Waals surface area contributed by atoms with E-state index in [0.29, 0.717) is 0 Å². The first-order valence-electron chi connectivity index (χ1n) is 12.2. The fourth-order valence-corrected chi connectivity index (χ4v) is 5.54. The first-order chi connectivity index (χ1) is 16.6. The predicted molar refractivity (Wildman–Crippen MR) is 144 cm³/mol. The second-order valence-electron chi connectivity index (χ2n) is 9.71. The molecular weight excluding hydrogens is 408 g/mol. The molecule has 0 heterocycles. The molecule has 1 unspecified atom stereocenters. The molecule has 0 spiro atoms. The van der Waals surface area contributed by atoms with Crippen LogP contribution >= 0.6 is 0 Å². The third-order valence-electron chi connectivity index (χ3n) is 7.08. The van der Waals surface area contributed by atoms with Gasteiger partial charge >= 0.3 is 0 Å².